The highest BCUT2D eigenvalue weighted by atomic mass is 16.2. The predicted octanol–water partition coefficient (Wildman–Crippen LogP) is 1.21. The first-order chi connectivity index (χ1) is 8.20. The molecule has 0 saturated carbocycles. The van der Waals surface area contributed by atoms with Crippen LogP contribution in [0.15, 0.2) is 24.5 Å². The Bertz CT molecular complexity index is 378. The van der Waals surface area contributed by atoms with Gasteiger partial charge in [-0.25, -0.2) is 0 Å². The van der Waals surface area contributed by atoms with Crippen LogP contribution in [0.2, 0.25) is 0 Å². The van der Waals surface area contributed by atoms with Gasteiger partial charge in [-0.05, 0) is 11.6 Å². The molecule has 1 aromatic heterocycles. The van der Waals surface area contributed by atoms with Gasteiger partial charge in [0, 0.05) is 37.9 Å². The summed E-state index contributed by atoms with van der Waals surface area (Å²) in [7, 11) is 0. The Morgan fingerprint density at radius 1 is 1.59 bits per heavy atom. The van der Waals surface area contributed by atoms with Crippen LogP contribution in [0.3, 0.4) is 0 Å². The Labute approximate surface area is 102 Å². The third-order valence-corrected chi connectivity index (χ3v) is 3.09. The number of amides is 1. The molecule has 1 fully saturated rings. The van der Waals surface area contributed by atoms with Gasteiger partial charge < -0.3 is 10.2 Å². The summed E-state index contributed by atoms with van der Waals surface area (Å²) in [5.74, 6) is 0.271. The van der Waals surface area contributed by atoms with Crippen molar-refractivity contribution in [2.75, 3.05) is 19.6 Å². The van der Waals surface area contributed by atoms with E-state index in [0.29, 0.717) is 0 Å². The predicted molar refractivity (Wildman–Crippen MR) is 66.4 cm³/mol. The summed E-state index contributed by atoms with van der Waals surface area (Å²) in [4.78, 5) is 18.3. The average Bonchev–Trinajstić information content (AvgIpc) is 2.39. The second-order valence-corrected chi connectivity index (χ2v) is 4.69. The quantitative estimate of drug-likeness (QED) is 0.835. The lowest BCUT2D eigenvalue weighted by molar-refractivity contribution is -0.137. The summed E-state index contributed by atoms with van der Waals surface area (Å²) in [5, 5.41) is 3.34. The van der Waals surface area contributed by atoms with Gasteiger partial charge in [0.2, 0.25) is 5.91 Å². The van der Waals surface area contributed by atoms with Gasteiger partial charge >= 0.3 is 0 Å². The average molecular weight is 233 g/mol. The fraction of sp³-hybridized carbons (Fsp3) is 0.538. The number of nitrogens with zero attached hydrogens (tertiary/aromatic N) is 2. The number of hydrogen-bond acceptors (Lipinski definition) is 3. The molecule has 17 heavy (non-hydrogen) atoms. The molecule has 1 unspecified atom stereocenters. The molecule has 1 aliphatic heterocycles. The number of pyridine rings is 1. The fourth-order valence-corrected chi connectivity index (χ4v) is 2.17. The van der Waals surface area contributed by atoms with Crippen LogP contribution >= 0.6 is 0 Å². The van der Waals surface area contributed by atoms with E-state index in [2.05, 4.69) is 10.3 Å². The largest absolute Gasteiger partial charge is 0.333 e. The first-order valence-corrected chi connectivity index (χ1v) is 6.11. The van der Waals surface area contributed by atoms with Crippen molar-refractivity contribution in [3.05, 3.63) is 30.1 Å². The number of carbonyl (C=O) groups is 1. The van der Waals surface area contributed by atoms with Crippen LogP contribution < -0.4 is 5.32 Å². The molecule has 2 rings (SSSR count). The van der Waals surface area contributed by atoms with Gasteiger partial charge in [0.15, 0.2) is 0 Å². The van der Waals surface area contributed by atoms with Gasteiger partial charge in [-0.3, -0.25) is 9.78 Å². The number of nitrogens with one attached hydrogen (secondary N) is 1. The van der Waals surface area contributed by atoms with E-state index in [1.807, 2.05) is 37.1 Å². The molecule has 1 saturated heterocycles. The van der Waals surface area contributed by atoms with E-state index in [9.17, 15) is 4.79 Å². The molecule has 4 heteroatoms. The third-order valence-electron chi connectivity index (χ3n) is 3.09. The van der Waals surface area contributed by atoms with Gasteiger partial charge in [-0.15, -0.1) is 0 Å². The van der Waals surface area contributed by atoms with E-state index in [1.165, 1.54) is 0 Å². The van der Waals surface area contributed by atoms with E-state index in [4.69, 9.17) is 0 Å². The molecule has 1 atom stereocenters. The van der Waals surface area contributed by atoms with Crippen molar-refractivity contribution < 1.29 is 4.79 Å². The molecule has 1 aliphatic rings. The molecule has 2 heterocycles. The summed E-state index contributed by atoms with van der Waals surface area (Å²) in [6, 6.07) is 4.07. The van der Waals surface area contributed by atoms with Crippen molar-refractivity contribution >= 4 is 5.91 Å². The van der Waals surface area contributed by atoms with Gasteiger partial charge in [-0.2, -0.15) is 0 Å². The molecule has 0 aromatic carbocycles. The van der Waals surface area contributed by atoms with Crippen LogP contribution in [0, 0.1) is 5.92 Å². The van der Waals surface area contributed by atoms with Crippen molar-refractivity contribution in [2.24, 2.45) is 5.92 Å². The molecule has 1 amide bonds. The van der Waals surface area contributed by atoms with E-state index >= 15 is 0 Å². The minimum Gasteiger partial charge on any atom is -0.333 e. The van der Waals surface area contributed by atoms with E-state index in [1.54, 1.807) is 6.20 Å². The molecule has 1 aromatic rings. The number of rotatable bonds is 2. The zero-order valence-electron chi connectivity index (χ0n) is 10.4. The number of carbonyl (C=O) groups excluding carboxylic acids is 1. The maximum absolute atomic E-state index is 12.2. The Hall–Kier alpha value is -1.42. The van der Waals surface area contributed by atoms with Crippen LogP contribution in [0.5, 0.6) is 0 Å². The van der Waals surface area contributed by atoms with Crippen LogP contribution in [-0.2, 0) is 4.79 Å². The molecule has 0 bridgehead atoms. The summed E-state index contributed by atoms with van der Waals surface area (Å²) in [6.07, 6.45) is 3.60. The van der Waals surface area contributed by atoms with Crippen molar-refractivity contribution in [3.8, 4) is 0 Å². The van der Waals surface area contributed by atoms with Gasteiger partial charge in [0.25, 0.3) is 0 Å². The van der Waals surface area contributed by atoms with E-state index in [0.717, 1.165) is 25.2 Å². The molecule has 0 spiro atoms. The van der Waals surface area contributed by atoms with Crippen molar-refractivity contribution in [2.45, 2.75) is 19.9 Å². The topological polar surface area (TPSA) is 45.2 Å². The normalized spacial score (nSPS) is 20.6. The van der Waals surface area contributed by atoms with Crippen LogP contribution in [0.1, 0.15) is 25.5 Å². The molecule has 92 valence electrons. The highest BCUT2D eigenvalue weighted by Crippen LogP contribution is 2.22. The van der Waals surface area contributed by atoms with Gasteiger partial charge in [-0.1, -0.05) is 19.9 Å². The smallest absolute Gasteiger partial charge is 0.225 e. The molecule has 1 N–H and O–H groups in total. The van der Waals surface area contributed by atoms with Crippen molar-refractivity contribution in [3.63, 3.8) is 0 Å². The standard InChI is InChI=1S/C13H19N3O/c1-10(2)13(17)16-7-6-15-9-12(16)11-4-3-5-14-8-11/h3-5,8,10,12,15H,6-7,9H2,1-2H3. The SMILES string of the molecule is CC(C)C(=O)N1CCNCC1c1cccnc1. The molecular weight excluding hydrogens is 214 g/mol. The first-order valence-electron chi connectivity index (χ1n) is 6.11. The highest BCUT2D eigenvalue weighted by molar-refractivity contribution is 5.78. The number of aromatic nitrogens is 1. The summed E-state index contributed by atoms with van der Waals surface area (Å²) in [5.41, 5.74) is 1.11. The minimum atomic E-state index is 0.0484. The second-order valence-electron chi connectivity index (χ2n) is 4.69. The summed E-state index contributed by atoms with van der Waals surface area (Å²) >= 11 is 0. The highest BCUT2D eigenvalue weighted by Gasteiger charge is 2.28. The second kappa shape index (κ2) is 5.27. The molecule has 4 nitrogen and oxygen atoms in total. The maximum Gasteiger partial charge on any atom is 0.225 e. The lowest BCUT2D eigenvalue weighted by atomic mass is 10.0. The van der Waals surface area contributed by atoms with E-state index < -0.39 is 0 Å². The maximum atomic E-state index is 12.2. The monoisotopic (exact) mass is 233 g/mol. The number of piperazine rings is 1. The molecule has 0 aliphatic carbocycles. The van der Waals surface area contributed by atoms with Gasteiger partial charge in [0.1, 0.15) is 0 Å². The zero-order chi connectivity index (χ0) is 12.3. The first kappa shape index (κ1) is 12.0. The zero-order valence-corrected chi connectivity index (χ0v) is 10.4. The Morgan fingerprint density at radius 3 is 3.06 bits per heavy atom. The van der Waals surface area contributed by atoms with Crippen LogP contribution in [0.4, 0.5) is 0 Å². The number of hydrogen-bond donors (Lipinski definition) is 1. The van der Waals surface area contributed by atoms with Crippen molar-refractivity contribution in [1.29, 1.82) is 0 Å². The summed E-state index contributed by atoms with van der Waals surface area (Å²) < 4.78 is 0. The molecule has 0 radical (unpaired) electrons. The Balaban J connectivity index is 2.21. The van der Waals surface area contributed by atoms with Gasteiger partial charge in [0.05, 0.1) is 6.04 Å². The lowest BCUT2D eigenvalue weighted by Gasteiger charge is -2.37. The Kier molecular flexibility index (Phi) is 3.74. The molecular formula is C13H19N3O. The third kappa shape index (κ3) is 2.64. The van der Waals surface area contributed by atoms with E-state index in [-0.39, 0.29) is 17.9 Å². The fourth-order valence-electron chi connectivity index (χ4n) is 2.17. The van der Waals surface area contributed by atoms with Crippen molar-refractivity contribution in [1.82, 2.24) is 15.2 Å². The minimum absolute atomic E-state index is 0.0484. The lowest BCUT2D eigenvalue weighted by Crippen LogP contribution is -2.49. The summed E-state index contributed by atoms with van der Waals surface area (Å²) in [6.45, 7) is 6.35. The Morgan fingerprint density at radius 2 is 2.41 bits per heavy atom. The van der Waals surface area contributed by atoms with Crippen LogP contribution in [-0.4, -0.2) is 35.4 Å². The van der Waals surface area contributed by atoms with Crippen LogP contribution in [0.25, 0.3) is 0 Å².